The van der Waals surface area contributed by atoms with Crippen molar-refractivity contribution in [3.63, 3.8) is 0 Å². The molecule has 1 heterocycles. The van der Waals surface area contributed by atoms with Gasteiger partial charge in [0.1, 0.15) is 0 Å². The predicted molar refractivity (Wildman–Crippen MR) is 76.2 cm³/mol. The van der Waals surface area contributed by atoms with Crippen LogP contribution in [0.15, 0.2) is 22.7 Å². The van der Waals surface area contributed by atoms with Crippen molar-refractivity contribution in [1.82, 2.24) is 5.32 Å². The summed E-state index contributed by atoms with van der Waals surface area (Å²) in [6, 6.07) is 5.60. The van der Waals surface area contributed by atoms with Gasteiger partial charge in [0.05, 0.1) is 17.7 Å². The lowest BCUT2D eigenvalue weighted by atomic mass is 9.90. The Morgan fingerprint density at radius 2 is 2.16 bits per heavy atom. The van der Waals surface area contributed by atoms with Crippen LogP contribution in [0, 0.1) is 6.92 Å². The molecule has 0 aliphatic carbocycles. The van der Waals surface area contributed by atoms with Gasteiger partial charge >= 0.3 is 0 Å². The molecule has 19 heavy (non-hydrogen) atoms. The first-order chi connectivity index (χ1) is 9.06. The zero-order valence-corrected chi connectivity index (χ0v) is 12.5. The smallest absolute Gasteiger partial charge is 0.252 e. The first-order valence-corrected chi connectivity index (χ1v) is 7.13. The summed E-state index contributed by atoms with van der Waals surface area (Å²) in [5.41, 5.74) is 1.12. The lowest BCUT2D eigenvalue weighted by Crippen LogP contribution is -2.54. The molecule has 0 spiro atoms. The fourth-order valence-electron chi connectivity index (χ4n) is 2.20. The third kappa shape index (κ3) is 3.35. The van der Waals surface area contributed by atoms with Gasteiger partial charge in [0.25, 0.3) is 5.91 Å². The Labute approximate surface area is 121 Å². The summed E-state index contributed by atoms with van der Waals surface area (Å²) < 4.78 is 6.05. The molecule has 4 nitrogen and oxygen atoms in total. The molecule has 1 aromatic rings. The van der Waals surface area contributed by atoms with Crippen LogP contribution < -0.4 is 5.32 Å². The summed E-state index contributed by atoms with van der Waals surface area (Å²) in [5, 5.41) is 12.5. The van der Waals surface area contributed by atoms with Crippen molar-refractivity contribution in [3.8, 4) is 0 Å². The number of nitrogens with one attached hydrogen (secondary N) is 1. The van der Waals surface area contributed by atoms with E-state index in [9.17, 15) is 9.90 Å². The summed E-state index contributed by atoms with van der Waals surface area (Å²) >= 11 is 3.40. The molecule has 0 bridgehead atoms. The Morgan fingerprint density at radius 3 is 2.74 bits per heavy atom. The number of aryl methyl sites for hydroxylation is 1. The number of amides is 1. The molecule has 0 atom stereocenters. The zero-order chi connectivity index (χ0) is 13.9. The van der Waals surface area contributed by atoms with E-state index in [0.29, 0.717) is 31.6 Å². The topological polar surface area (TPSA) is 58.6 Å². The molecule has 1 saturated heterocycles. The summed E-state index contributed by atoms with van der Waals surface area (Å²) in [7, 11) is 0. The van der Waals surface area contributed by atoms with Gasteiger partial charge in [-0.15, -0.1) is 0 Å². The van der Waals surface area contributed by atoms with Crippen LogP contribution in [0.2, 0.25) is 0 Å². The molecule has 2 rings (SSSR count). The molecule has 0 aromatic heterocycles. The predicted octanol–water partition coefficient (Wildman–Crippen LogP) is 2.03. The van der Waals surface area contributed by atoms with Gasteiger partial charge in [-0.1, -0.05) is 6.07 Å². The Balaban J connectivity index is 2.15. The second kappa shape index (κ2) is 6.03. The van der Waals surface area contributed by atoms with Crippen molar-refractivity contribution >= 4 is 21.8 Å². The Kier molecular flexibility index (Phi) is 4.60. The Morgan fingerprint density at radius 1 is 1.47 bits per heavy atom. The number of ether oxygens (including phenoxy) is 1. The molecule has 1 aliphatic heterocycles. The van der Waals surface area contributed by atoms with Crippen LogP contribution in [0.25, 0.3) is 0 Å². The van der Waals surface area contributed by atoms with Gasteiger partial charge in [0.2, 0.25) is 0 Å². The Hall–Kier alpha value is -0.910. The van der Waals surface area contributed by atoms with Crippen LogP contribution in [0.4, 0.5) is 0 Å². The highest BCUT2D eigenvalue weighted by Gasteiger charge is 2.34. The van der Waals surface area contributed by atoms with Gasteiger partial charge in [-0.25, -0.2) is 0 Å². The summed E-state index contributed by atoms with van der Waals surface area (Å²) in [6.07, 6.45) is 1.28. The fourth-order valence-corrected chi connectivity index (χ4v) is 2.87. The number of rotatable bonds is 3. The standard InChI is InChI=1S/C14H18BrNO3/c1-10-2-3-11(12(15)8-10)13(18)16-14(9-17)4-6-19-7-5-14/h2-3,8,17H,4-7,9H2,1H3,(H,16,18). The van der Waals surface area contributed by atoms with Crippen LogP contribution in [0.5, 0.6) is 0 Å². The van der Waals surface area contributed by atoms with E-state index < -0.39 is 5.54 Å². The molecule has 1 fully saturated rings. The van der Waals surface area contributed by atoms with Gasteiger partial charge in [-0.2, -0.15) is 0 Å². The maximum Gasteiger partial charge on any atom is 0.252 e. The average molecular weight is 328 g/mol. The molecule has 1 aliphatic rings. The minimum absolute atomic E-state index is 0.0639. The van der Waals surface area contributed by atoms with Gasteiger partial charge in [0.15, 0.2) is 0 Å². The summed E-state index contributed by atoms with van der Waals surface area (Å²) in [5.74, 6) is -0.164. The number of hydrogen-bond acceptors (Lipinski definition) is 3. The summed E-state index contributed by atoms with van der Waals surface area (Å²) in [4.78, 5) is 12.3. The normalized spacial score (nSPS) is 18.1. The number of benzene rings is 1. The lowest BCUT2D eigenvalue weighted by molar-refractivity contribution is 0.0125. The maximum absolute atomic E-state index is 12.3. The second-order valence-corrected chi connectivity index (χ2v) is 5.84. The van der Waals surface area contributed by atoms with E-state index in [1.54, 1.807) is 6.07 Å². The van der Waals surface area contributed by atoms with Gasteiger partial charge in [0, 0.05) is 17.7 Å². The maximum atomic E-state index is 12.3. The van der Waals surface area contributed by atoms with Crippen LogP contribution in [-0.4, -0.2) is 36.4 Å². The number of aliphatic hydroxyl groups excluding tert-OH is 1. The average Bonchev–Trinajstić information content (AvgIpc) is 2.39. The molecular weight excluding hydrogens is 310 g/mol. The van der Waals surface area contributed by atoms with Crippen LogP contribution in [0.3, 0.4) is 0 Å². The number of hydrogen-bond donors (Lipinski definition) is 2. The zero-order valence-electron chi connectivity index (χ0n) is 10.9. The second-order valence-electron chi connectivity index (χ2n) is 4.99. The minimum Gasteiger partial charge on any atom is -0.394 e. The molecule has 0 unspecified atom stereocenters. The molecule has 1 aromatic carbocycles. The van der Waals surface area contributed by atoms with E-state index in [-0.39, 0.29) is 12.5 Å². The lowest BCUT2D eigenvalue weighted by Gasteiger charge is -2.36. The molecular formula is C14H18BrNO3. The van der Waals surface area contributed by atoms with Crippen molar-refractivity contribution in [2.75, 3.05) is 19.8 Å². The van der Waals surface area contributed by atoms with Crippen molar-refractivity contribution in [3.05, 3.63) is 33.8 Å². The van der Waals surface area contributed by atoms with Crippen molar-refractivity contribution in [2.24, 2.45) is 0 Å². The minimum atomic E-state index is -0.556. The first-order valence-electron chi connectivity index (χ1n) is 6.34. The molecule has 1 amide bonds. The quantitative estimate of drug-likeness (QED) is 0.893. The van der Waals surface area contributed by atoms with E-state index in [1.165, 1.54) is 0 Å². The molecule has 2 N–H and O–H groups in total. The van der Waals surface area contributed by atoms with Crippen LogP contribution in [0.1, 0.15) is 28.8 Å². The highest BCUT2D eigenvalue weighted by Crippen LogP contribution is 2.23. The largest absolute Gasteiger partial charge is 0.394 e. The van der Waals surface area contributed by atoms with E-state index in [2.05, 4.69) is 21.2 Å². The van der Waals surface area contributed by atoms with Gasteiger partial charge < -0.3 is 15.2 Å². The molecule has 0 radical (unpaired) electrons. The van der Waals surface area contributed by atoms with Crippen LogP contribution in [-0.2, 0) is 4.74 Å². The van der Waals surface area contributed by atoms with Gasteiger partial charge in [-0.05, 0) is 53.4 Å². The third-order valence-electron chi connectivity index (χ3n) is 3.50. The van der Waals surface area contributed by atoms with Crippen molar-refractivity contribution < 1.29 is 14.6 Å². The van der Waals surface area contributed by atoms with E-state index in [0.717, 1.165) is 10.0 Å². The number of halogens is 1. The van der Waals surface area contributed by atoms with E-state index >= 15 is 0 Å². The van der Waals surface area contributed by atoms with Crippen LogP contribution >= 0.6 is 15.9 Å². The molecule has 0 saturated carbocycles. The number of carbonyl (C=O) groups is 1. The highest BCUT2D eigenvalue weighted by atomic mass is 79.9. The van der Waals surface area contributed by atoms with Crippen molar-refractivity contribution in [1.29, 1.82) is 0 Å². The number of aliphatic hydroxyl groups is 1. The van der Waals surface area contributed by atoms with Crippen molar-refractivity contribution in [2.45, 2.75) is 25.3 Å². The Bertz CT molecular complexity index is 470. The van der Waals surface area contributed by atoms with Gasteiger partial charge in [-0.3, -0.25) is 4.79 Å². The molecule has 104 valence electrons. The highest BCUT2D eigenvalue weighted by molar-refractivity contribution is 9.10. The molecule has 5 heteroatoms. The SMILES string of the molecule is Cc1ccc(C(=O)NC2(CO)CCOCC2)c(Br)c1. The first kappa shape index (κ1) is 14.5. The van der Waals surface area contributed by atoms with E-state index in [1.807, 2.05) is 19.1 Å². The fraction of sp³-hybridized carbons (Fsp3) is 0.500. The third-order valence-corrected chi connectivity index (χ3v) is 4.16. The number of carbonyl (C=O) groups excluding carboxylic acids is 1. The monoisotopic (exact) mass is 327 g/mol. The summed E-state index contributed by atoms with van der Waals surface area (Å²) in [6.45, 7) is 3.04. The van der Waals surface area contributed by atoms with E-state index in [4.69, 9.17) is 4.74 Å².